The maximum absolute atomic E-state index is 9.27. The molecular weight excluding hydrogens is 326 g/mol. The van der Waals surface area contributed by atoms with Crippen molar-refractivity contribution in [3.8, 4) is 5.75 Å². The quantitative estimate of drug-likeness (QED) is 0.415. The predicted octanol–water partition coefficient (Wildman–Crippen LogP) is 3.57. The van der Waals surface area contributed by atoms with Crippen LogP contribution in [0.15, 0.2) is 29.3 Å². The highest BCUT2D eigenvalue weighted by molar-refractivity contribution is 5.79. The highest BCUT2D eigenvalue weighted by atomic mass is 16.5. The summed E-state index contributed by atoms with van der Waals surface area (Å²) in [5, 5.41) is 16.0. The van der Waals surface area contributed by atoms with E-state index in [1.165, 1.54) is 0 Å². The van der Waals surface area contributed by atoms with E-state index in [2.05, 4.69) is 37.5 Å². The van der Waals surface area contributed by atoms with E-state index in [9.17, 15) is 5.11 Å². The van der Waals surface area contributed by atoms with Crippen LogP contribution in [0.25, 0.3) is 0 Å². The van der Waals surface area contributed by atoms with Crippen molar-refractivity contribution in [1.82, 2.24) is 10.6 Å². The lowest BCUT2D eigenvalue weighted by molar-refractivity contribution is 0.242. The van der Waals surface area contributed by atoms with Crippen LogP contribution in [-0.2, 0) is 6.54 Å². The van der Waals surface area contributed by atoms with Gasteiger partial charge in [-0.25, -0.2) is 4.99 Å². The molecule has 0 aliphatic heterocycles. The van der Waals surface area contributed by atoms with Crippen molar-refractivity contribution in [3.63, 3.8) is 0 Å². The summed E-state index contributed by atoms with van der Waals surface area (Å²) >= 11 is 0. The topological polar surface area (TPSA) is 65.9 Å². The third-order valence-corrected chi connectivity index (χ3v) is 3.93. The number of ether oxygens (including phenoxy) is 1. The summed E-state index contributed by atoms with van der Waals surface area (Å²) in [4.78, 5) is 4.69. The number of hydrogen-bond acceptors (Lipinski definition) is 3. The smallest absolute Gasteiger partial charge is 0.191 e. The van der Waals surface area contributed by atoms with Gasteiger partial charge in [-0.2, -0.15) is 0 Å². The van der Waals surface area contributed by atoms with E-state index in [0.717, 1.165) is 43.2 Å². The Labute approximate surface area is 159 Å². The van der Waals surface area contributed by atoms with E-state index >= 15 is 0 Å². The Kier molecular flexibility index (Phi) is 10.8. The first-order valence-electron chi connectivity index (χ1n) is 9.83. The summed E-state index contributed by atoms with van der Waals surface area (Å²) in [5.74, 6) is 2.77. The van der Waals surface area contributed by atoms with Crippen molar-refractivity contribution in [3.05, 3.63) is 29.8 Å². The molecule has 0 radical (unpaired) electrons. The van der Waals surface area contributed by atoms with E-state index in [4.69, 9.17) is 9.73 Å². The van der Waals surface area contributed by atoms with Crippen molar-refractivity contribution in [2.24, 2.45) is 16.8 Å². The summed E-state index contributed by atoms with van der Waals surface area (Å²) in [7, 11) is 0. The van der Waals surface area contributed by atoms with Crippen LogP contribution in [0.2, 0.25) is 0 Å². The number of aliphatic hydroxyl groups excluding tert-OH is 1. The zero-order chi connectivity index (χ0) is 19.4. The van der Waals surface area contributed by atoms with Gasteiger partial charge in [0.15, 0.2) is 5.96 Å². The van der Waals surface area contributed by atoms with Crippen molar-refractivity contribution in [2.45, 2.75) is 60.1 Å². The number of aliphatic hydroxyl groups is 1. The SMILES string of the molecule is CCNC(=NCc1cccc(OC(C)C)c1)NCC(CCO)CC(C)C. The number of aliphatic imine (C=N–C) groups is 1. The molecular formula is C21H37N3O2. The number of guanidine groups is 1. The number of nitrogens with one attached hydrogen (secondary N) is 2. The summed E-state index contributed by atoms with van der Waals surface area (Å²) in [6, 6.07) is 8.08. The van der Waals surface area contributed by atoms with Gasteiger partial charge in [-0.3, -0.25) is 0 Å². The summed E-state index contributed by atoms with van der Waals surface area (Å²) in [6.45, 7) is 13.0. The van der Waals surface area contributed by atoms with Crippen molar-refractivity contribution >= 4 is 5.96 Å². The first kappa shape index (κ1) is 22.3. The van der Waals surface area contributed by atoms with Crippen LogP contribution in [0, 0.1) is 11.8 Å². The normalized spacial score (nSPS) is 13.2. The summed E-state index contributed by atoms with van der Waals surface area (Å²) in [6.07, 6.45) is 2.08. The van der Waals surface area contributed by atoms with Gasteiger partial charge in [0.05, 0.1) is 12.6 Å². The molecule has 0 heterocycles. The molecule has 0 saturated carbocycles. The Balaban J connectivity index is 2.67. The Morgan fingerprint density at radius 1 is 1.19 bits per heavy atom. The number of rotatable bonds is 11. The van der Waals surface area contributed by atoms with Gasteiger partial charge in [-0.15, -0.1) is 0 Å². The fourth-order valence-corrected chi connectivity index (χ4v) is 2.89. The molecule has 0 amide bonds. The van der Waals surface area contributed by atoms with Crippen molar-refractivity contribution < 1.29 is 9.84 Å². The van der Waals surface area contributed by atoms with Crippen LogP contribution in [0.5, 0.6) is 5.75 Å². The number of nitrogens with zero attached hydrogens (tertiary/aromatic N) is 1. The maximum atomic E-state index is 9.27. The third-order valence-electron chi connectivity index (χ3n) is 3.93. The molecule has 0 aliphatic carbocycles. The predicted molar refractivity (Wildman–Crippen MR) is 110 cm³/mol. The summed E-state index contributed by atoms with van der Waals surface area (Å²) in [5.41, 5.74) is 1.12. The van der Waals surface area contributed by atoms with Crippen molar-refractivity contribution in [2.75, 3.05) is 19.7 Å². The van der Waals surface area contributed by atoms with E-state index in [1.807, 2.05) is 32.0 Å². The molecule has 1 rings (SSSR count). The fraction of sp³-hybridized carbons (Fsp3) is 0.667. The Morgan fingerprint density at radius 3 is 2.58 bits per heavy atom. The zero-order valence-corrected chi connectivity index (χ0v) is 17.1. The molecule has 148 valence electrons. The van der Waals surface area contributed by atoms with Crippen LogP contribution in [0.1, 0.15) is 53.0 Å². The second kappa shape index (κ2) is 12.6. The van der Waals surface area contributed by atoms with Crippen LogP contribution in [-0.4, -0.2) is 36.9 Å². The fourth-order valence-electron chi connectivity index (χ4n) is 2.89. The minimum absolute atomic E-state index is 0.164. The highest BCUT2D eigenvalue weighted by Gasteiger charge is 2.11. The van der Waals surface area contributed by atoms with Gasteiger partial charge < -0.3 is 20.5 Å². The van der Waals surface area contributed by atoms with Crippen LogP contribution >= 0.6 is 0 Å². The van der Waals surface area contributed by atoms with E-state index in [-0.39, 0.29) is 12.7 Å². The van der Waals surface area contributed by atoms with Crippen LogP contribution in [0.4, 0.5) is 0 Å². The van der Waals surface area contributed by atoms with E-state index in [1.54, 1.807) is 0 Å². The molecule has 0 spiro atoms. The molecule has 5 nitrogen and oxygen atoms in total. The van der Waals surface area contributed by atoms with Gasteiger partial charge >= 0.3 is 0 Å². The molecule has 5 heteroatoms. The monoisotopic (exact) mass is 363 g/mol. The molecule has 0 aromatic heterocycles. The van der Waals surface area contributed by atoms with Crippen LogP contribution in [0.3, 0.4) is 0 Å². The average Bonchev–Trinajstić information content (AvgIpc) is 2.56. The Morgan fingerprint density at radius 2 is 1.96 bits per heavy atom. The Bertz CT molecular complexity index is 530. The Hall–Kier alpha value is -1.75. The first-order chi connectivity index (χ1) is 12.4. The van der Waals surface area contributed by atoms with E-state index < -0.39 is 0 Å². The third kappa shape index (κ3) is 9.66. The molecule has 3 N–H and O–H groups in total. The molecule has 1 aromatic carbocycles. The van der Waals surface area contributed by atoms with Crippen molar-refractivity contribution in [1.29, 1.82) is 0 Å². The minimum Gasteiger partial charge on any atom is -0.491 e. The molecule has 1 aromatic rings. The lowest BCUT2D eigenvalue weighted by Crippen LogP contribution is -2.40. The molecule has 1 atom stereocenters. The molecule has 0 aliphatic rings. The second-order valence-corrected chi connectivity index (χ2v) is 7.40. The maximum Gasteiger partial charge on any atom is 0.191 e. The lowest BCUT2D eigenvalue weighted by atomic mass is 9.94. The van der Waals surface area contributed by atoms with Gasteiger partial charge in [0.25, 0.3) is 0 Å². The van der Waals surface area contributed by atoms with E-state index in [0.29, 0.717) is 18.4 Å². The van der Waals surface area contributed by atoms with Gasteiger partial charge in [0.2, 0.25) is 0 Å². The molecule has 0 fully saturated rings. The summed E-state index contributed by atoms with van der Waals surface area (Å²) < 4.78 is 5.75. The molecule has 0 saturated heterocycles. The number of hydrogen-bond donors (Lipinski definition) is 3. The molecule has 0 bridgehead atoms. The standard InChI is InChI=1S/C21H37N3O2/c1-6-22-21(24-15-19(10-11-25)12-16(2)3)23-14-18-8-7-9-20(13-18)26-17(4)5/h7-9,13,16-17,19,25H,6,10-12,14-15H2,1-5H3,(H2,22,23,24). The lowest BCUT2D eigenvalue weighted by Gasteiger charge is -2.20. The highest BCUT2D eigenvalue weighted by Crippen LogP contribution is 2.16. The largest absolute Gasteiger partial charge is 0.491 e. The second-order valence-electron chi connectivity index (χ2n) is 7.40. The average molecular weight is 364 g/mol. The van der Waals surface area contributed by atoms with Gasteiger partial charge in [0, 0.05) is 19.7 Å². The van der Waals surface area contributed by atoms with Gasteiger partial charge in [-0.1, -0.05) is 26.0 Å². The van der Waals surface area contributed by atoms with Gasteiger partial charge in [-0.05, 0) is 63.1 Å². The minimum atomic E-state index is 0.164. The molecule has 26 heavy (non-hydrogen) atoms. The number of benzene rings is 1. The van der Waals surface area contributed by atoms with Crippen LogP contribution < -0.4 is 15.4 Å². The molecule has 1 unspecified atom stereocenters. The first-order valence-corrected chi connectivity index (χ1v) is 9.83. The van der Waals surface area contributed by atoms with Gasteiger partial charge in [0.1, 0.15) is 5.75 Å². The zero-order valence-electron chi connectivity index (χ0n) is 17.1.